The van der Waals surface area contributed by atoms with E-state index in [4.69, 9.17) is 4.98 Å². The second kappa shape index (κ2) is 11.0. The van der Waals surface area contributed by atoms with Gasteiger partial charge in [0.05, 0.1) is 16.4 Å². The van der Waals surface area contributed by atoms with Crippen LogP contribution in [-0.4, -0.2) is 25.1 Å². The first kappa shape index (κ1) is 24.7. The van der Waals surface area contributed by atoms with E-state index in [9.17, 15) is 0 Å². The molecule has 0 unspecified atom stereocenters. The Balaban J connectivity index is 1.21. The Morgan fingerprint density at radius 3 is 2.72 bits per heavy atom. The monoisotopic (exact) mass is 528 g/mol. The van der Waals surface area contributed by atoms with Crippen molar-refractivity contribution in [3.8, 4) is 22.0 Å². The second-order valence-electron chi connectivity index (χ2n) is 9.42. The molecule has 4 heterocycles. The molecule has 0 spiro atoms. The molecule has 0 aliphatic rings. The maximum Gasteiger partial charge on any atom is 0.159 e. The maximum atomic E-state index is 4.89. The van der Waals surface area contributed by atoms with Crippen LogP contribution in [0.3, 0.4) is 0 Å². The van der Waals surface area contributed by atoms with Gasteiger partial charge in [-0.3, -0.25) is 10.1 Å². The number of H-pyrrole nitrogens is 2. The molecule has 2 aromatic carbocycles. The van der Waals surface area contributed by atoms with Gasteiger partial charge in [-0.15, -0.1) is 11.3 Å². The highest BCUT2D eigenvalue weighted by atomic mass is 32.1. The Bertz CT molecular complexity index is 1860. The molecule has 0 radical (unpaired) electrons. The lowest BCUT2D eigenvalue weighted by Crippen LogP contribution is -2.21. The Morgan fingerprint density at radius 2 is 1.87 bits per heavy atom. The van der Waals surface area contributed by atoms with E-state index >= 15 is 0 Å². The number of benzene rings is 2. The van der Waals surface area contributed by atoms with Crippen molar-refractivity contribution in [3.63, 3.8) is 0 Å². The molecule has 7 heteroatoms. The molecular weight excluding hydrogens is 500 g/mol. The van der Waals surface area contributed by atoms with Crippen LogP contribution >= 0.6 is 11.3 Å². The van der Waals surface area contributed by atoms with Crippen molar-refractivity contribution in [1.82, 2.24) is 30.5 Å². The highest BCUT2D eigenvalue weighted by Crippen LogP contribution is 2.31. The van der Waals surface area contributed by atoms with Crippen molar-refractivity contribution in [2.24, 2.45) is 0 Å². The smallest absolute Gasteiger partial charge is 0.159 e. The summed E-state index contributed by atoms with van der Waals surface area (Å²) in [5, 5.41) is 14.9. The third-order valence-corrected chi connectivity index (χ3v) is 7.58. The minimum atomic E-state index is 0.704. The molecule has 6 nitrogen and oxygen atoms in total. The van der Waals surface area contributed by atoms with Gasteiger partial charge in [0.25, 0.3) is 0 Å². The molecule has 0 saturated heterocycles. The zero-order valence-electron chi connectivity index (χ0n) is 21.6. The minimum Gasteiger partial charge on any atom is -0.337 e. The molecule has 3 N–H and O–H groups in total. The molecule has 6 aromatic rings. The number of hydrogen-bond acceptors (Lipinski definition) is 5. The van der Waals surface area contributed by atoms with Gasteiger partial charge < -0.3 is 10.3 Å². The topological polar surface area (TPSA) is 82.3 Å². The van der Waals surface area contributed by atoms with Crippen LogP contribution in [-0.2, 0) is 13.1 Å². The van der Waals surface area contributed by atoms with Crippen molar-refractivity contribution in [3.05, 3.63) is 118 Å². The third kappa shape index (κ3) is 5.36. The van der Waals surface area contributed by atoms with E-state index < -0.39 is 0 Å². The first-order valence-corrected chi connectivity index (χ1v) is 13.7. The fourth-order valence-electron chi connectivity index (χ4n) is 4.54. The van der Waals surface area contributed by atoms with Crippen LogP contribution in [0.5, 0.6) is 0 Å². The fourth-order valence-corrected chi connectivity index (χ4v) is 5.29. The minimum absolute atomic E-state index is 0.704. The van der Waals surface area contributed by atoms with E-state index in [1.54, 1.807) is 11.3 Å². The number of para-hydroxylation sites is 1. The number of rotatable bonds is 8. The van der Waals surface area contributed by atoms with E-state index in [2.05, 4.69) is 99.0 Å². The van der Waals surface area contributed by atoms with E-state index in [0.717, 1.165) is 57.0 Å². The van der Waals surface area contributed by atoms with Crippen molar-refractivity contribution in [1.29, 1.82) is 0 Å². The molecule has 4 aromatic heterocycles. The zero-order chi connectivity index (χ0) is 26.6. The van der Waals surface area contributed by atoms with Crippen molar-refractivity contribution < 1.29 is 0 Å². The zero-order valence-corrected chi connectivity index (χ0v) is 22.4. The van der Waals surface area contributed by atoms with E-state index in [1.807, 2.05) is 36.7 Å². The van der Waals surface area contributed by atoms with Crippen LogP contribution in [0, 0.1) is 0 Å². The van der Waals surface area contributed by atoms with Crippen LogP contribution in [0.15, 0.2) is 90.6 Å². The molecule has 192 valence electrons. The Hall–Kier alpha value is -4.59. The van der Waals surface area contributed by atoms with Crippen molar-refractivity contribution >= 4 is 40.6 Å². The summed E-state index contributed by atoms with van der Waals surface area (Å²) in [7, 11) is 0. The summed E-state index contributed by atoms with van der Waals surface area (Å²) in [5.74, 6) is 0.704. The van der Waals surface area contributed by atoms with E-state index in [1.165, 1.54) is 10.4 Å². The van der Waals surface area contributed by atoms with Crippen LogP contribution in [0.2, 0.25) is 0 Å². The van der Waals surface area contributed by atoms with Gasteiger partial charge in [0, 0.05) is 41.1 Å². The van der Waals surface area contributed by atoms with Gasteiger partial charge in [0.15, 0.2) is 5.82 Å². The average Bonchev–Trinajstić information content (AvgIpc) is 3.72. The first-order chi connectivity index (χ1) is 19.2. The molecule has 0 atom stereocenters. The third-order valence-electron chi connectivity index (χ3n) is 6.67. The molecule has 0 fully saturated rings. The van der Waals surface area contributed by atoms with E-state index in [0.29, 0.717) is 11.5 Å². The summed E-state index contributed by atoms with van der Waals surface area (Å²) < 4.78 is 0. The summed E-state index contributed by atoms with van der Waals surface area (Å²) in [4.78, 5) is 14.0. The Labute approximate surface area is 230 Å². The summed E-state index contributed by atoms with van der Waals surface area (Å²) in [6.07, 6.45) is 7.88. The number of pyridine rings is 1. The number of fused-ring (bicyclic) bond motifs is 1. The van der Waals surface area contributed by atoms with Gasteiger partial charge in [-0.1, -0.05) is 61.2 Å². The van der Waals surface area contributed by atoms with Crippen molar-refractivity contribution in [2.75, 3.05) is 0 Å². The lowest BCUT2D eigenvalue weighted by atomic mass is 10.1. The largest absolute Gasteiger partial charge is 0.337 e. The lowest BCUT2D eigenvalue weighted by Gasteiger charge is -2.07. The van der Waals surface area contributed by atoms with Crippen LogP contribution < -0.4 is 15.9 Å². The lowest BCUT2D eigenvalue weighted by molar-refractivity contribution is 0.691. The molecular formula is C32H28N6S. The number of aromatic nitrogens is 5. The molecule has 0 amide bonds. The van der Waals surface area contributed by atoms with Crippen LogP contribution in [0.4, 0.5) is 0 Å². The standard InChI is InChI=1S/C32H28N6S/c1-21(25-16-24(19-34-20-25)18-33-17-23-8-4-3-5-9-23)13-14-27-22(2)30(38-37-27)32-35-28-11-6-10-26(31(28)36-32)29-12-7-15-39-29/h3-16,19-20,33,37H,2,17-18H2,1H3,(H,35,36)/b21-13+,27-14+. The quantitative estimate of drug-likeness (QED) is 0.238. The molecule has 39 heavy (non-hydrogen) atoms. The molecule has 0 aliphatic carbocycles. The van der Waals surface area contributed by atoms with Gasteiger partial charge in [-0.25, -0.2) is 4.98 Å². The van der Waals surface area contributed by atoms with E-state index in [-0.39, 0.29) is 0 Å². The summed E-state index contributed by atoms with van der Waals surface area (Å²) in [6, 6.07) is 22.9. The number of imidazole rings is 1. The Kier molecular flexibility index (Phi) is 6.99. The van der Waals surface area contributed by atoms with Crippen LogP contribution in [0.25, 0.3) is 51.2 Å². The molecule has 0 aliphatic heterocycles. The summed E-state index contributed by atoms with van der Waals surface area (Å²) >= 11 is 1.71. The van der Waals surface area contributed by atoms with Gasteiger partial charge in [0.2, 0.25) is 0 Å². The van der Waals surface area contributed by atoms with Gasteiger partial charge in [0.1, 0.15) is 5.69 Å². The number of thiophene rings is 1. The number of aromatic amines is 2. The normalized spacial score (nSPS) is 12.4. The summed E-state index contributed by atoms with van der Waals surface area (Å²) in [5.41, 5.74) is 8.33. The number of nitrogens with one attached hydrogen (secondary N) is 3. The van der Waals surface area contributed by atoms with Crippen LogP contribution in [0.1, 0.15) is 23.6 Å². The molecule has 0 bridgehead atoms. The predicted molar refractivity (Wildman–Crippen MR) is 161 cm³/mol. The van der Waals surface area contributed by atoms with Gasteiger partial charge >= 0.3 is 0 Å². The molecule has 6 rings (SSSR count). The van der Waals surface area contributed by atoms with Crippen molar-refractivity contribution in [2.45, 2.75) is 20.0 Å². The number of nitrogens with zero attached hydrogens (tertiary/aromatic N) is 3. The highest BCUT2D eigenvalue weighted by Gasteiger charge is 2.13. The SMILES string of the molecule is C=c1c(-c2nc3c(-c4cccs4)cccc3[nH]2)n[nH]/c1=C/C=C(\C)c1cncc(CNCc2ccccc2)c1. The predicted octanol–water partition coefficient (Wildman–Crippen LogP) is 5.66. The van der Waals surface area contributed by atoms with Gasteiger partial charge in [-0.2, -0.15) is 5.10 Å². The van der Waals surface area contributed by atoms with Gasteiger partial charge in [-0.05, 0) is 58.8 Å². The first-order valence-electron chi connectivity index (χ1n) is 12.8. The Morgan fingerprint density at radius 1 is 1.00 bits per heavy atom. The average molecular weight is 529 g/mol. The molecule has 0 saturated carbocycles. The second-order valence-corrected chi connectivity index (χ2v) is 10.4. The fraction of sp³-hybridized carbons (Fsp3) is 0.0938. The summed E-state index contributed by atoms with van der Waals surface area (Å²) in [6.45, 7) is 7.95. The number of allylic oxidation sites excluding steroid dienone is 2. The highest BCUT2D eigenvalue weighted by molar-refractivity contribution is 7.13. The number of hydrogen-bond donors (Lipinski definition) is 3. The maximum absolute atomic E-state index is 4.89.